The monoisotopic (exact) mass is 273 g/mol. The Bertz CT molecular complexity index is 444. The fraction of sp³-hybridized carbons (Fsp3) is 0.611. The Balaban J connectivity index is 2.15. The molecule has 1 aliphatic rings. The minimum Gasteiger partial charge on any atom is -0.319 e. The molecule has 0 bridgehead atoms. The molecule has 0 aliphatic heterocycles. The highest BCUT2D eigenvalue weighted by atomic mass is 16.1. The van der Waals surface area contributed by atoms with Crippen molar-refractivity contribution in [1.29, 1.82) is 0 Å². The number of Topliss-reactive ketones (excluding diaryl/α,β-unsaturated/α-hetero) is 1. The van der Waals surface area contributed by atoms with Crippen LogP contribution in [0.3, 0.4) is 0 Å². The van der Waals surface area contributed by atoms with Crippen LogP contribution in [0.2, 0.25) is 0 Å². The molecule has 1 fully saturated rings. The van der Waals surface area contributed by atoms with Gasteiger partial charge in [0.15, 0.2) is 5.78 Å². The van der Waals surface area contributed by atoms with Crippen LogP contribution >= 0.6 is 0 Å². The Labute approximate surface area is 123 Å². The Hall–Kier alpha value is -1.15. The van der Waals surface area contributed by atoms with Gasteiger partial charge in [-0.15, -0.1) is 0 Å². The summed E-state index contributed by atoms with van der Waals surface area (Å²) in [4.78, 5) is 12.9. The lowest BCUT2D eigenvalue weighted by Gasteiger charge is -2.31. The summed E-state index contributed by atoms with van der Waals surface area (Å²) in [6.07, 6.45) is 4.31. The summed E-state index contributed by atoms with van der Waals surface area (Å²) in [5.74, 6) is 1.95. The first-order valence-corrected chi connectivity index (χ1v) is 7.88. The molecule has 2 nitrogen and oxygen atoms in total. The lowest BCUT2D eigenvalue weighted by Crippen LogP contribution is -2.27. The van der Waals surface area contributed by atoms with Crippen molar-refractivity contribution in [2.75, 3.05) is 13.6 Å². The summed E-state index contributed by atoms with van der Waals surface area (Å²) in [5.41, 5.74) is 2.15. The highest BCUT2D eigenvalue weighted by molar-refractivity contribution is 5.99. The van der Waals surface area contributed by atoms with Crippen molar-refractivity contribution in [2.45, 2.75) is 39.5 Å². The zero-order valence-corrected chi connectivity index (χ0v) is 13.0. The van der Waals surface area contributed by atoms with Crippen LogP contribution in [-0.4, -0.2) is 19.4 Å². The third kappa shape index (κ3) is 3.69. The fourth-order valence-corrected chi connectivity index (χ4v) is 3.62. The van der Waals surface area contributed by atoms with Gasteiger partial charge in [0.05, 0.1) is 0 Å². The van der Waals surface area contributed by atoms with E-state index in [1.165, 1.54) is 12.0 Å². The van der Waals surface area contributed by atoms with Gasteiger partial charge in [-0.05, 0) is 56.7 Å². The molecule has 0 saturated heterocycles. The average molecular weight is 273 g/mol. The predicted octanol–water partition coefficient (Wildman–Crippen LogP) is 3.70. The number of carbonyl (C=O) groups excluding carboxylic acids is 1. The second-order valence-electron chi connectivity index (χ2n) is 6.49. The Morgan fingerprint density at radius 3 is 2.45 bits per heavy atom. The summed E-state index contributed by atoms with van der Waals surface area (Å²) < 4.78 is 0. The Morgan fingerprint density at radius 2 is 1.80 bits per heavy atom. The van der Waals surface area contributed by atoms with Gasteiger partial charge in [0.25, 0.3) is 0 Å². The number of benzene rings is 1. The first kappa shape index (κ1) is 15.2. The second-order valence-corrected chi connectivity index (χ2v) is 6.49. The minimum atomic E-state index is 0.226. The summed E-state index contributed by atoms with van der Waals surface area (Å²) in [6, 6.07) is 8.14. The van der Waals surface area contributed by atoms with Crippen molar-refractivity contribution in [3.8, 4) is 0 Å². The van der Waals surface area contributed by atoms with E-state index in [0.717, 1.165) is 31.4 Å². The van der Waals surface area contributed by atoms with Crippen molar-refractivity contribution in [3.63, 3.8) is 0 Å². The molecule has 1 N–H and O–H groups in total. The van der Waals surface area contributed by atoms with Crippen LogP contribution in [-0.2, 0) is 6.42 Å². The van der Waals surface area contributed by atoms with Crippen molar-refractivity contribution in [1.82, 2.24) is 5.32 Å². The first-order valence-electron chi connectivity index (χ1n) is 7.88. The van der Waals surface area contributed by atoms with E-state index in [1.54, 1.807) is 0 Å². The van der Waals surface area contributed by atoms with Gasteiger partial charge in [0, 0.05) is 11.5 Å². The predicted molar refractivity (Wildman–Crippen MR) is 84.1 cm³/mol. The lowest BCUT2D eigenvalue weighted by molar-refractivity contribution is 0.0835. The number of ketones is 1. The van der Waals surface area contributed by atoms with Crippen LogP contribution in [0.25, 0.3) is 0 Å². The van der Waals surface area contributed by atoms with Gasteiger partial charge >= 0.3 is 0 Å². The van der Waals surface area contributed by atoms with E-state index < -0.39 is 0 Å². The van der Waals surface area contributed by atoms with E-state index in [4.69, 9.17) is 0 Å². The summed E-state index contributed by atoms with van der Waals surface area (Å²) in [7, 11) is 1.95. The standard InChI is InChI=1S/C18H27NO/c1-13-10-14(2)12-16(11-13)18(20)17-7-5-4-6-15(17)8-9-19-3/h4-7,13-14,16,19H,8-12H2,1-3H3. The third-order valence-electron chi connectivity index (χ3n) is 4.48. The van der Waals surface area contributed by atoms with E-state index >= 15 is 0 Å². The van der Waals surface area contributed by atoms with Crippen LogP contribution in [0, 0.1) is 17.8 Å². The van der Waals surface area contributed by atoms with E-state index in [-0.39, 0.29) is 5.92 Å². The van der Waals surface area contributed by atoms with Crippen LogP contribution < -0.4 is 5.32 Å². The van der Waals surface area contributed by atoms with Crippen molar-refractivity contribution >= 4 is 5.78 Å². The van der Waals surface area contributed by atoms with E-state index in [1.807, 2.05) is 25.2 Å². The van der Waals surface area contributed by atoms with Crippen LogP contribution in [0.15, 0.2) is 24.3 Å². The summed E-state index contributed by atoms with van der Waals surface area (Å²) >= 11 is 0. The number of hydrogen-bond acceptors (Lipinski definition) is 2. The smallest absolute Gasteiger partial charge is 0.166 e. The molecule has 1 aliphatic carbocycles. The Morgan fingerprint density at radius 1 is 1.15 bits per heavy atom. The van der Waals surface area contributed by atoms with Gasteiger partial charge in [-0.1, -0.05) is 38.1 Å². The molecule has 0 amide bonds. The molecule has 0 aromatic heterocycles. The molecule has 2 atom stereocenters. The third-order valence-corrected chi connectivity index (χ3v) is 4.48. The van der Waals surface area contributed by atoms with E-state index in [9.17, 15) is 4.79 Å². The molecule has 0 spiro atoms. The molecule has 110 valence electrons. The normalized spacial score (nSPS) is 26.4. The maximum atomic E-state index is 12.9. The molecule has 0 heterocycles. The van der Waals surface area contributed by atoms with Crippen molar-refractivity contribution < 1.29 is 4.79 Å². The number of carbonyl (C=O) groups is 1. The number of nitrogens with one attached hydrogen (secondary N) is 1. The largest absolute Gasteiger partial charge is 0.319 e. The molecule has 2 unspecified atom stereocenters. The highest BCUT2D eigenvalue weighted by Gasteiger charge is 2.30. The molecular weight excluding hydrogens is 246 g/mol. The van der Waals surface area contributed by atoms with Gasteiger partial charge < -0.3 is 5.32 Å². The summed E-state index contributed by atoms with van der Waals surface area (Å²) in [5, 5.41) is 3.16. The topological polar surface area (TPSA) is 29.1 Å². The van der Waals surface area contributed by atoms with E-state index in [0.29, 0.717) is 17.6 Å². The molecule has 1 saturated carbocycles. The maximum Gasteiger partial charge on any atom is 0.166 e. The summed E-state index contributed by atoms with van der Waals surface area (Å²) in [6.45, 7) is 5.48. The average Bonchev–Trinajstić information content (AvgIpc) is 2.43. The first-order chi connectivity index (χ1) is 9.61. The second kappa shape index (κ2) is 7.03. The van der Waals surface area contributed by atoms with Crippen LogP contribution in [0.1, 0.15) is 49.0 Å². The van der Waals surface area contributed by atoms with Gasteiger partial charge in [-0.25, -0.2) is 0 Å². The highest BCUT2D eigenvalue weighted by Crippen LogP contribution is 2.35. The Kier molecular flexibility index (Phi) is 5.36. The molecule has 2 rings (SSSR count). The van der Waals surface area contributed by atoms with Crippen LogP contribution in [0.4, 0.5) is 0 Å². The van der Waals surface area contributed by atoms with Gasteiger partial charge in [0.1, 0.15) is 0 Å². The minimum absolute atomic E-state index is 0.226. The van der Waals surface area contributed by atoms with Gasteiger partial charge in [-0.3, -0.25) is 4.79 Å². The molecule has 20 heavy (non-hydrogen) atoms. The zero-order chi connectivity index (χ0) is 14.5. The van der Waals surface area contributed by atoms with Crippen molar-refractivity contribution in [2.24, 2.45) is 17.8 Å². The lowest BCUT2D eigenvalue weighted by atomic mass is 9.73. The van der Waals surface area contributed by atoms with E-state index in [2.05, 4.69) is 25.2 Å². The van der Waals surface area contributed by atoms with Crippen LogP contribution in [0.5, 0.6) is 0 Å². The van der Waals surface area contributed by atoms with Crippen molar-refractivity contribution in [3.05, 3.63) is 35.4 Å². The molecule has 0 radical (unpaired) electrons. The number of hydrogen-bond donors (Lipinski definition) is 1. The maximum absolute atomic E-state index is 12.9. The van der Waals surface area contributed by atoms with Gasteiger partial charge in [0.2, 0.25) is 0 Å². The molecule has 1 aromatic carbocycles. The number of likely N-dealkylation sites (N-methyl/N-ethyl adjacent to an activating group) is 1. The zero-order valence-electron chi connectivity index (χ0n) is 13.0. The number of rotatable bonds is 5. The fourth-order valence-electron chi connectivity index (χ4n) is 3.62. The quantitative estimate of drug-likeness (QED) is 0.829. The molecular formula is C18H27NO. The SMILES string of the molecule is CNCCc1ccccc1C(=O)C1CC(C)CC(C)C1. The molecule has 1 aromatic rings. The van der Waals surface area contributed by atoms with Gasteiger partial charge in [-0.2, -0.15) is 0 Å². The molecule has 2 heteroatoms.